The largest absolute Gasteiger partial charge is 0.508 e. The van der Waals surface area contributed by atoms with Crippen LogP contribution in [0.5, 0.6) is 5.75 Å². The second kappa shape index (κ2) is 8.67. The number of benzene rings is 1. The number of hydrogen-bond acceptors (Lipinski definition) is 4. The Bertz CT molecular complexity index is 1270. The maximum absolute atomic E-state index is 9.73. The van der Waals surface area contributed by atoms with E-state index in [1.165, 1.54) is 5.56 Å². The Kier molecular flexibility index (Phi) is 5.56. The number of aryl methyl sites for hydroxylation is 1. The van der Waals surface area contributed by atoms with Gasteiger partial charge >= 0.3 is 0 Å². The molecule has 5 rings (SSSR count). The lowest BCUT2D eigenvalue weighted by Crippen LogP contribution is -2.29. The molecule has 1 aliphatic heterocycles. The van der Waals surface area contributed by atoms with Crippen LogP contribution < -0.4 is 5.32 Å². The number of nitrogens with zero attached hydrogens (tertiary/aromatic N) is 4. The van der Waals surface area contributed by atoms with Gasteiger partial charge in [-0.25, -0.2) is 0 Å². The van der Waals surface area contributed by atoms with Crippen molar-refractivity contribution in [1.29, 1.82) is 0 Å². The second-order valence-corrected chi connectivity index (χ2v) is 8.64. The number of aromatic hydroxyl groups is 1. The number of hydrogen-bond donors (Lipinski definition) is 2. The molecule has 4 heterocycles. The van der Waals surface area contributed by atoms with Crippen LogP contribution in [0.15, 0.2) is 79.1 Å². The van der Waals surface area contributed by atoms with Gasteiger partial charge in [0.1, 0.15) is 5.75 Å². The summed E-state index contributed by atoms with van der Waals surface area (Å²) < 4.78 is 2.21. The predicted molar refractivity (Wildman–Crippen MR) is 132 cm³/mol. The highest BCUT2D eigenvalue weighted by Gasteiger charge is 2.41. The normalized spacial score (nSPS) is 17.9. The van der Waals surface area contributed by atoms with Gasteiger partial charge < -0.3 is 19.9 Å². The smallest absolute Gasteiger partial charge is 0.170 e. The Balaban J connectivity index is 1.61. The zero-order valence-corrected chi connectivity index (χ0v) is 19.3. The van der Waals surface area contributed by atoms with Crippen LogP contribution in [0.25, 0.3) is 5.69 Å². The van der Waals surface area contributed by atoms with Gasteiger partial charge in [-0.2, -0.15) is 0 Å². The Morgan fingerprint density at radius 2 is 1.70 bits per heavy atom. The molecule has 0 aliphatic carbocycles. The molecule has 0 bridgehead atoms. The van der Waals surface area contributed by atoms with Gasteiger partial charge in [0.15, 0.2) is 5.11 Å². The highest BCUT2D eigenvalue weighted by molar-refractivity contribution is 7.80. The number of pyridine rings is 2. The lowest BCUT2D eigenvalue weighted by Gasteiger charge is -2.28. The predicted octanol–water partition coefficient (Wildman–Crippen LogP) is 4.76. The maximum Gasteiger partial charge on any atom is 0.170 e. The van der Waals surface area contributed by atoms with Crippen LogP contribution in [-0.4, -0.2) is 29.7 Å². The number of phenolic OH excluding ortho intramolecular Hbond substituents is 1. The van der Waals surface area contributed by atoms with Gasteiger partial charge in [-0.1, -0.05) is 12.1 Å². The molecule has 1 fully saturated rings. The van der Waals surface area contributed by atoms with Gasteiger partial charge in [0, 0.05) is 29.5 Å². The molecule has 1 saturated heterocycles. The summed E-state index contributed by atoms with van der Waals surface area (Å²) in [7, 11) is 0. The summed E-state index contributed by atoms with van der Waals surface area (Å²) >= 11 is 5.81. The molecule has 0 amide bonds. The van der Waals surface area contributed by atoms with Gasteiger partial charge in [0.25, 0.3) is 0 Å². The second-order valence-electron chi connectivity index (χ2n) is 8.25. The minimum atomic E-state index is -0.0869. The summed E-state index contributed by atoms with van der Waals surface area (Å²) in [6.45, 7) is 4.83. The number of thiocarbonyl (C=S) groups is 1. The van der Waals surface area contributed by atoms with Crippen LogP contribution in [0.1, 0.15) is 40.4 Å². The number of nitrogens with one attached hydrogen (secondary N) is 1. The fourth-order valence-corrected chi connectivity index (χ4v) is 4.97. The molecule has 7 heteroatoms. The van der Waals surface area contributed by atoms with Crippen molar-refractivity contribution in [2.45, 2.75) is 32.5 Å². The molecule has 0 spiro atoms. The molecule has 2 atom stereocenters. The highest BCUT2D eigenvalue weighted by atomic mass is 32.1. The quantitative estimate of drug-likeness (QED) is 0.423. The Morgan fingerprint density at radius 1 is 0.970 bits per heavy atom. The minimum absolute atomic E-state index is 0.0496. The van der Waals surface area contributed by atoms with Crippen molar-refractivity contribution in [3.05, 3.63) is 107 Å². The summed E-state index contributed by atoms with van der Waals surface area (Å²) in [5.74, 6) is 0.253. The Morgan fingerprint density at radius 3 is 2.36 bits per heavy atom. The van der Waals surface area contributed by atoms with E-state index < -0.39 is 0 Å². The van der Waals surface area contributed by atoms with E-state index in [1.54, 1.807) is 12.1 Å². The SMILES string of the molecule is Cc1cc([C@@H]2[C@@H](c3ccccn3)NC(=S)N2Cc2ccccn2)c(C)n1-c1ccc(O)cc1. The first kappa shape index (κ1) is 21.2. The Labute approximate surface area is 198 Å². The molecule has 4 aromatic rings. The summed E-state index contributed by atoms with van der Waals surface area (Å²) in [5.41, 5.74) is 6.33. The lowest BCUT2D eigenvalue weighted by molar-refractivity contribution is 0.307. The third-order valence-electron chi connectivity index (χ3n) is 6.15. The monoisotopic (exact) mass is 455 g/mol. The molecular formula is C26H25N5OS. The van der Waals surface area contributed by atoms with E-state index in [0.717, 1.165) is 28.5 Å². The van der Waals surface area contributed by atoms with Gasteiger partial charge in [-0.3, -0.25) is 9.97 Å². The molecule has 2 N–H and O–H groups in total. The zero-order valence-electron chi connectivity index (χ0n) is 18.5. The first-order chi connectivity index (χ1) is 16.0. The third kappa shape index (κ3) is 3.96. The molecule has 3 aromatic heterocycles. The number of phenols is 1. The maximum atomic E-state index is 9.73. The molecule has 0 radical (unpaired) electrons. The molecule has 0 unspecified atom stereocenters. The third-order valence-corrected chi connectivity index (χ3v) is 6.51. The van der Waals surface area contributed by atoms with Crippen LogP contribution >= 0.6 is 12.2 Å². The van der Waals surface area contributed by atoms with Crippen molar-refractivity contribution < 1.29 is 5.11 Å². The van der Waals surface area contributed by atoms with Crippen LogP contribution in [0.4, 0.5) is 0 Å². The Hall–Kier alpha value is -3.71. The fraction of sp³-hybridized carbons (Fsp3) is 0.192. The van der Waals surface area contributed by atoms with Crippen molar-refractivity contribution in [2.75, 3.05) is 0 Å². The summed E-state index contributed by atoms with van der Waals surface area (Å²) in [5, 5.41) is 13.9. The summed E-state index contributed by atoms with van der Waals surface area (Å²) in [6.07, 6.45) is 3.63. The number of aromatic nitrogens is 3. The topological polar surface area (TPSA) is 66.2 Å². The average molecular weight is 456 g/mol. The van der Waals surface area contributed by atoms with E-state index in [1.807, 2.05) is 60.9 Å². The molecule has 6 nitrogen and oxygen atoms in total. The van der Waals surface area contributed by atoms with Crippen molar-refractivity contribution >= 4 is 17.3 Å². The van der Waals surface area contributed by atoms with E-state index in [9.17, 15) is 5.11 Å². The van der Waals surface area contributed by atoms with Gasteiger partial charge in [0.05, 0.1) is 30.0 Å². The average Bonchev–Trinajstić information content (AvgIpc) is 3.31. The summed E-state index contributed by atoms with van der Waals surface area (Å²) in [6, 6.07) is 21.3. The minimum Gasteiger partial charge on any atom is -0.508 e. The van der Waals surface area contributed by atoms with Crippen molar-refractivity contribution in [2.24, 2.45) is 0 Å². The van der Waals surface area contributed by atoms with E-state index in [0.29, 0.717) is 11.7 Å². The van der Waals surface area contributed by atoms with Gasteiger partial charge in [-0.15, -0.1) is 0 Å². The molecule has 166 valence electrons. The van der Waals surface area contributed by atoms with Gasteiger partial charge in [0.2, 0.25) is 0 Å². The first-order valence-corrected chi connectivity index (χ1v) is 11.3. The zero-order chi connectivity index (χ0) is 22.9. The standard InChI is InChI=1S/C26H25N5OS/c1-17-15-22(18(2)31(17)20-9-11-21(32)12-10-20)25-24(23-8-4-6-14-28-23)29-26(33)30(25)16-19-7-3-5-13-27-19/h3-15,24-25,32H,16H2,1-2H3,(H,29,33)/t24-,25-/m1/s1. The van der Waals surface area contributed by atoms with Gasteiger partial charge in [-0.05, 0) is 86.2 Å². The first-order valence-electron chi connectivity index (χ1n) is 10.9. The molecule has 0 saturated carbocycles. The van der Waals surface area contributed by atoms with E-state index in [-0.39, 0.29) is 17.8 Å². The van der Waals surface area contributed by atoms with Crippen LogP contribution in [0, 0.1) is 13.8 Å². The highest BCUT2D eigenvalue weighted by Crippen LogP contribution is 2.42. The number of rotatable bonds is 5. The van der Waals surface area contributed by atoms with Crippen molar-refractivity contribution in [3.8, 4) is 11.4 Å². The van der Waals surface area contributed by atoms with E-state index in [2.05, 4.69) is 44.7 Å². The molecular weight excluding hydrogens is 430 g/mol. The molecule has 33 heavy (non-hydrogen) atoms. The van der Waals surface area contributed by atoms with Crippen LogP contribution in [0.3, 0.4) is 0 Å². The van der Waals surface area contributed by atoms with E-state index >= 15 is 0 Å². The van der Waals surface area contributed by atoms with Crippen LogP contribution in [-0.2, 0) is 6.54 Å². The van der Waals surface area contributed by atoms with E-state index in [4.69, 9.17) is 12.2 Å². The molecule has 1 aromatic carbocycles. The summed E-state index contributed by atoms with van der Waals surface area (Å²) in [4.78, 5) is 11.4. The fourth-order valence-electron chi connectivity index (χ4n) is 4.67. The van der Waals surface area contributed by atoms with Crippen LogP contribution in [0.2, 0.25) is 0 Å². The molecule has 1 aliphatic rings. The van der Waals surface area contributed by atoms with Crippen molar-refractivity contribution in [1.82, 2.24) is 24.8 Å². The van der Waals surface area contributed by atoms with Crippen molar-refractivity contribution in [3.63, 3.8) is 0 Å². The lowest BCUT2D eigenvalue weighted by atomic mass is 9.96.